The van der Waals surface area contributed by atoms with Gasteiger partial charge in [0, 0.05) is 36.8 Å². The smallest absolute Gasteiger partial charge is 0.261 e. The maximum absolute atomic E-state index is 12.6. The first-order chi connectivity index (χ1) is 15.8. The fourth-order valence-electron chi connectivity index (χ4n) is 2.95. The van der Waals surface area contributed by atoms with Crippen molar-refractivity contribution < 1.29 is 17.9 Å². The number of benzene rings is 2. The maximum Gasteiger partial charge on any atom is 0.261 e. The number of carbonyl (C=O) groups is 1. The molecule has 0 saturated carbocycles. The molecule has 4 rings (SSSR count). The van der Waals surface area contributed by atoms with E-state index < -0.39 is 10.0 Å². The van der Waals surface area contributed by atoms with E-state index in [2.05, 4.69) is 25.1 Å². The zero-order valence-corrected chi connectivity index (χ0v) is 18.6. The highest BCUT2D eigenvalue weighted by atomic mass is 32.2. The van der Waals surface area contributed by atoms with Gasteiger partial charge in [0.05, 0.1) is 4.90 Å². The molecule has 11 heteroatoms. The second-order valence-corrected chi connectivity index (χ2v) is 8.68. The third-order valence-corrected chi connectivity index (χ3v) is 5.75. The van der Waals surface area contributed by atoms with Gasteiger partial charge in [-0.15, -0.1) is 0 Å². The molecule has 168 valence electrons. The Hall–Kier alpha value is -4.25. The van der Waals surface area contributed by atoms with Crippen molar-refractivity contribution >= 4 is 27.3 Å². The zero-order valence-electron chi connectivity index (χ0n) is 17.8. The predicted molar refractivity (Wildman–Crippen MR) is 122 cm³/mol. The van der Waals surface area contributed by atoms with Crippen LogP contribution in [0.15, 0.2) is 78.0 Å². The maximum atomic E-state index is 12.6. The molecular weight excluding hydrogens is 444 g/mol. The minimum absolute atomic E-state index is 0.0690. The van der Waals surface area contributed by atoms with Crippen LogP contribution < -0.4 is 14.8 Å². The molecule has 10 nitrogen and oxygen atoms in total. The van der Waals surface area contributed by atoms with Gasteiger partial charge in [-0.1, -0.05) is 0 Å². The highest BCUT2D eigenvalue weighted by molar-refractivity contribution is 7.92. The Bertz CT molecular complexity index is 1370. The highest BCUT2D eigenvalue weighted by Crippen LogP contribution is 2.24. The number of ether oxygens (including phenoxy) is 1. The zero-order chi connectivity index (χ0) is 23.4. The van der Waals surface area contributed by atoms with Crippen LogP contribution in [0.2, 0.25) is 0 Å². The van der Waals surface area contributed by atoms with Crippen LogP contribution in [0, 0.1) is 6.92 Å². The van der Waals surface area contributed by atoms with Gasteiger partial charge in [-0.3, -0.25) is 9.52 Å². The van der Waals surface area contributed by atoms with Crippen LogP contribution in [0.4, 0.5) is 11.4 Å². The van der Waals surface area contributed by atoms with Crippen LogP contribution in [0.5, 0.6) is 11.6 Å². The molecule has 0 saturated heterocycles. The van der Waals surface area contributed by atoms with Crippen molar-refractivity contribution in [2.45, 2.75) is 18.7 Å². The molecule has 2 N–H and O–H groups in total. The summed E-state index contributed by atoms with van der Waals surface area (Å²) in [6.07, 6.45) is 3.41. The van der Waals surface area contributed by atoms with Crippen molar-refractivity contribution in [3.05, 3.63) is 78.9 Å². The number of amides is 1. The van der Waals surface area contributed by atoms with E-state index in [1.54, 1.807) is 60.4 Å². The molecule has 33 heavy (non-hydrogen) atoms. The van der Waals surface area contributed by atoms with Crippen LogP contribution >= 0.6 is 0 Å². The van der Waals surface area contributed by atoms with Crippen molar-refractivity contribution in [3.63, 3.8) is 0 Å². The predicted octanol–water partition coefficient (Wildman–Crippen LogP) is 3.52. The summed E-state index contributed by atoms with van der Waals surface area (Å²) in [6, 6.07) is 15.7. The number of aryl methyl sites for hydroxylation is 1. The summed E-state index contributed by atoms with van der Waals surface area (Å²) in [5.41, 5.74) is 0.878. The molecule has 0 atom stereocenters. The van der Waals surface area contributed by atoms with Gasteiger partial charge in [0.1, 0.15) is 11.6 Å². The summed E-state index contributed by atoms with van der Waals surface area (Å²) in [6.45, 7) is 3.13. The number of nitrogens with one attached hydrogen (secondary N) is 2. The van der Waals surface area contributed by atoms with Gasteiger partial charge in [0.2, 0.25) is 11.8 Å². The van der Waals surface area contributed by atoms with E-state index in [4.69, 9.17) is 4.74 Å². The van der Waals surface area contributed by atoms with Crippen molar-refractivity contribution in [3.8, 4) is 17.4 Å². The number of rotatable bonds is 7. The van der Waals surface area contributed by atoms with Gasteiger partial charge >= 0.3 is 0 Å². The first kappa shape index (κ1) is 22.0. The second-order valence-electron chi connectivity index (χ2n) is 7.00. The number of carbonyl (C=O) groups excluding carboxylic acids is 1. The van der Waals surface area contributed by atoms with Gasteiger partial charge in [0.25, 0.3) is 10.0 Å². The topological polar surface area (TPSA) is 128 Å². The Morgan fingerprint density at radius 2 is 1.70 bits per heavy atom. The molecule has 2 aromatic carbocycles. The lowest BCUT2D eigenvalue weighted by atomic mass is 10.3. The molecule has 0 aliphatic heterocycles. The molecular formula is C22H20N6O4S. The molecule has 1 amide bonds. The highest BCUT2D eigenvalue weighted by Gasteiger charge is 2.14. The Morgan fingerprint density at radius 1 is 1.00 bits per heavy atom. The van der Waals surface area contributed by atoms with Gasteiger partial charge in [0.15, 0.2) is 5.82 Å². The molecule has 0 spiro atoms. The van der Waals surface area contributed by atoms with Crippen LogP contribution in [-0.2, 0) is 14.8 Å². The SMILES string of the molecule is CC(=O)Nc1ccc(S(=O)(=O)Nc2ccc(Oc3cc(-n4cccn4)nc(C)n3)cc2)cc1. The van der Waals surface area contributed by atoms with Crippen LogP contribution in [0.25, 0.3) is 5.82 Å². The number of hydrogen-bond donors (Lipinski definition) is 2. The lowest BCUT2D eigenvalue weighted by molar-refractivity contribution is -0.114. The molecule has 2 heterocycles. The Kier molecular flexibility index (Phi) is 6.05. The average Bonchev–Trinajstić information content (AvgIpc) is 3.30. The summed E-state index contributed by atoms with van der Waals surface area (Å²) in [7, 11) is -3.80. The van der Waals surface area contributed by atoms with E-state index in [9.17, 15) is 13.2 Å². The van der Waals surface area contributed by atoms with Gasteiger partial charge in [-0.2, -0.15) is 10.1 Å². The Labute approximate surface area is 190 Å². The quantitative estimate of drug-likeness (QED) is 0.428. The molecule has 2 aromatic heterocycles. The molecule has 0 radical (unpaired) electrons. The van der Waals surface area contributed by atoms with E-state index in [-0.39, 0.29) is 10.8 Å². The largest absolute Gasteiger partial charge is 0.439 e. The summed E-state index contributed by atoms with van der Waals surface area (Å²) < 4.78 is 35.2. The van der Waals surface area contributed by atoms with E-state index in [0.717, 1.165) is 0 Å². The molecule has 0 unspecified atom stereocenters. The minimum atomic E-state index is -3.80. The Balaban J connectivity index is 1.46. The number of sulfonamides is 1. The monoisotopic (exact) mass is 464 g/mol. The third kappa shape index (κ3) is 5.52. The van der Waals surface area contributed by atoms with Crippen molar-refractivity contribution in [2.24, 2.45) is 0 Å². The average molecular weight is 465 g/mol. The molecule has 0 bridgehead atoms. The van der Waals surface area contributed by atoms with Crippen LogP contribution in [-0.4, -0.2) is 34.1 Å². The summed E-state index contributed by atoms with van der Waals surface area (Å²) in [4.78, 5) is 19.8. The van der Waals surface area contributed by atoms with Crippen molar-refractivity contribution in [1.29, 1.82) is 0 Å². The van der Waals surface area contributed by atoms with Crippen molar-refractivity contribution in [1.82, 2.24) is 19.7 Å². The van der Waals surface area contributed by atoms with E-state index in [1.165, 1.54) is 31.2 Å². The summed E-state index contributed by atoms with van der Waals surface area (Å²) in [5.74, 6) is 1.66. The lowest BCUT2D eigenvalue weighted by Gasteiger charge is -2.11. The Morgan fingerprint density at radius 3 is 2.33 bits per heavy atom. The van der Waals surface area contributed by atoms with E-state index in [1.807, 2.05) is 0 Å². The normalized spacial score (nSPS) is 11.1. The van der Waals surface area contributed by atoms with E-state index in [0.29, 0.717) is 34.6 Å². The van der Waals surface area contributed by atoms with Crippen LogP contribution in [0.1, 0.15) is 12.7 Å². The molecule has 4 aromatic rings. The molecule has 0 aliphatic carbocycles. The third-order valence-electron chi connectivity index (χ3n) is 4.35. The number of hydrogen-bond acceptors (Lipinski definition) is 7. The van der Waals surface area contributed by atoms with Crippen LogP contribution in [0.3, 0.4) is 0 Å². The fourth-order valence-corrected chi connectivity index (χ4v) is 4.00. The number of aromatic nitrogens is 4. The lowest BCUT2D eigenvalue weighted by Crippen LogP contribution is -2.13. The van der Waals surface area contributed by atoms with Crippen molar-refractivity contribution in [2.75, 3.05) is 10.0 Å². The van der Waals surface area contributed by atoms with E-state index >= 15 is 0 Å². The first-order valence-corrected chi connectivity index (χ1v) is 11.3. The second kappa shape index (κ2) is 9.09. The number of anilines is 2. The van der Waals surface area contributed by atoms with Gasteiger partial charge in [-0.05, 0) is 61.5 Å². The van der Waals surface area contributed by atoms with Gasteiger partial charge < -0.3 is 10.1 Å². The number of nitrogens with zero attached hydrogens (tertiary/aromatic N) is 4. The fraction of sp³-hybridized carbons (Fsp3) is 0.0909. The summed E-state index contributed by atoms with van der Waals surface area (Å²) in [5, 5.41) is 6.74. The molecule has 0 fully saturated rings. The molecule has 0 aliphatic rings. The standard InChI is InChI=1S/C22H20N6O4S/c1-15-24-21(28-13-3-12-23-28)14-22(25-15)32-19-8-4-18(5-9-19)27-33(30,31)20-10-6-17(7-11-20)26-16(2)29/h3-14,27H,1-2H3,(H,26,29). The first-order valence-electron chi connectivity index (χ1n) is 9.83. The minimum Gasteiger partial charge on any atom is -0.439 e. The summed E-state index contributed by atoms with van der Waals surface area (Å²) >= 11 is 0. The van der Waals surface area contributed by atoms with Gasteiger partial charge in [-0.25, -0.2) is 18.1 Å².